The lowest BCUT2D eigenvalue weighted by Crippen LogP contribution is -2.35. The highest BCUT2D eigenvalue weighted by atomic mass is 32.1. The van der Waals surface area contributed by atoms with E-state index in [1.807, 2.05) is 0 Å². The van der Waals surface area contributed by atoms with Crippen molar-refractivity contribution < 1.29 is 13.2 Å². The first-order valence-electron chi connectivity index (χ1n) is 6.11. The number of benzene rings is 1. The summed E-state index contributed by atoms with van der Waals surface area (Å²) < 4.78 is 37.1. The van der Waals surface area contributed by atoms with Gasteiger partial charge in [0.2, 0.25) is 0 Å². The fourth-order valence-corrected chi connectivity index (χ4v) is 1.61. The summed E-state index contributed by atoms with van der Waals surface area (Å²) in [5.74, 6) is 0. The molecule has 0 saturated carbocycles. The molecule has 0 aliphatic rings. The van der Waals surface area contributed by atoms with Gasteiger partial charge in [-0.15, -0.1) is 0 Å². The zero-order valence-electron chi connectivity index (χ0n) is 10.7. The lowest BCUT2D eigenvalue weighted by molar-refractivity contribution is -0.137. The molecule has 0 unspecified atom stereocenters. The van der Waals surface area contributed by atoms with E-state index in [2.05, 4.69) is 17.6 Å². The average Bonchev–Trinajstić information content (AvgIpc) is 2.36. The molecule has 106 valence electrons. The first-order valence-corrected chi connectivity index (χ1v) is 6.52. The normalized spacial score (nSPS) is 11.2. The topological polar surface area (TPSA) is 24.1 Å². The van der Waals surface area contributed by atoms with E-state index < -0.39 is 11.7 Å². The number of thiocarbonyl (C=S) groups is 1. The van der Waals surface area contributed by atoms with Crippen LogP contribution in [0.3, 0.4) is 0 Å². The standard InChI is InChI=1S/C13H17F3N2S/c1-2-3-8-17-12(19)18-9-10-4-6-11(7-5-10)13(14,15)16/h4-7H,2-3,8-9H2,1H3,(H2,17,18,19). The SMILES string of the molecule is CCCCNC(=S)NCc1ccc(C(F)(F)F)cc1. The molecule has 0 atom stereocenters. The van der Waals surface area contributed by atoms with Gasteiger partial charge in [-0.3, -0.25) is 0 Å². The molecule has 19 heavy (non-hydrogen) atoms. The van der Waals surface area contributed by atoms with Crippen LogP contribution in [0.5, 0.6) is 0 Å². The molecule has 0 fully saturated rings. The van der Waals surface area contributed by atoms with Gasteiger partial charge < -0.3 is 10.6 Å². The quantitative estimate of drug-likeness (QED) is 0.641. The third kappa shape index (κ3) is 5.92. The summed E-state index contributed by atoms with van der Waals surface area (Å²) in [5, 5.41) is 6.51. The average molecular weight is 290 g/mol. The van der Waals surface area contributed by atoms with E-state index in [0.29, 0.717) is 11.7 Å². The second kappa shape index (κ2) is 7.33. The minimum Gasteiger partial charge on any atom is -0.363 e. The van der Waals surface area contributed by atoms with E-state index >= 15 is 0 Å². The molecular formula is C13H17F3N2S. The van der Waals surface area contributed by atoms with E-state index in [0.717, 1.165) is 37.1 Å². The number of nitrogens with one attached hydrogen (secondary N) is 2. The van der Waals surface area contributed by atoms with E-state index in [4.69, 9.17) is 12.2 Å². The van der Waals surface area contributed by atoms with Gasteiger partial charge in [0.25, 0.3) is 0 Å². The molecule has 0 aromatic heterocycles. The summed E-state index contributed by atoms with van der Waals surface area (Å²) in [7, 11) is 0. The van der Waals surface area contributed by atoms with Crippen LogP contribution in [0.25, 0.3) is 0 Å². The number of rotatable bonds is 5. The summed E-state index contributed by atoms with van der Waals surface area (Å²) in [5.41, 5.74) is 0.118. The van der Waals surface area contributed by atoms with Crippen molar-refractivity contribution in [1.29, 1.82) is 0 Å². The van der Waals surface area contributed by atoms with Crippen LogP contribution in [0.4, 0.5) is 13.2 Å². The number of hydrogen-bond acceptors (Lipinski definition) is 1. The van der Waals surface area contributed by atoms with Crippen LogP contribution in [0.15, 0.2) is 24.3 Å². The summed E-state index contributed by atoms with van der Waals surface area (Å²) in [4.78, 5) is 0. The minimum absolute atomic E-state index is 0.413. The smallest absolute Gasteiger partial charge is 0.363 e. The van der Waals surface area contributed by atoms with E-state index in [1.165, 1.54) is 12.1 Å². The van der Waals surface area contributed by atoms with Crippen molar-refractivity contribution in [3.8, 4) is 0 Å². The van der Waals surface area contributed by atoms with Gasteiger partial charge in [-0.2, -0.15) is 13.2 Å². The second-order valence-corrected chi connectivity index (χ2v) is 4.57. The van der Waals surface area contributed by atoms with Gasteiger partial charge in [0.05, 0.1) is 5.56 Å². The van der Waals surface area contributed by atoms with Gasteiger partial charge in [-0.1, -0.05) is 25.5 Å². The Labute approximate surface area is 116 Å². The third-order valence-corrected chi connectivity index (χ3v) is 2.84. The van der Waals surface area contributed by atoms with E-state index in [-0.39, 0.29) is 0 Å². The number of unbranched alkanes of at least 4 members (excludes halogenated alkanes) is 1. The van der Waals surface area contributed by atoms with Crippen LogP contribution in [0, 0.1) is 0 Å². The fraction of sp³-hybridized carbons (Fsp3) is 0.462. The van der Waals surface area contributed by atoms with Crippen molar-refractivity contribution >= 4 is 17.3 Å². The zero-order chi connectivity index (χ0) is 14.3. The highest BCUT2D eigenvalue weighted by Crippen LogP contribution is 2.28. The van der Waals surface area contributed by atoms with Crippen molar-refractivity contribution in [2.24, 2.45) is 0 Å². The maximum absolute atomic E-state index is 12.4. The van der Waals surface area contributed by atoms with Crippen LogP contribution in [0.1, 0.15) is 30.9 Å². The summed E-state index contributed by atoms with van der Waals surface area (Å²) in [6.45, 7) is 3.30. The predicted octanol–water partition coefficient (Wildman–Crippen LogP) is 3.47. The molecule has 0 saturated heterocycles. The van der Waals surface area contributed by atoms with E-state index in [1.54, 1.807) is 0 Å². The highest BCUT2D eigenvalue weighted by molar-refractivity contribution is 7.80. The number of hydrogen-bond donors (Lipinski definition) is 2. The summed E-state index contributed by atoms with van der Waals surface area (Å²) in [6, 6.07) is 5.05. The Morgan fingerprint density at radius 2 is 1.79 bits per heavy atom. The van der Waals surface area contributed by atoms with Gasteiger partial charge in [-0.05, 0) is 36.3 Å². The molecule has 0 spiro atoms. The first kappa shape index (κ1) is 15.8. The van der Waals surface area contributed by atoms with Crippen LogP contribution >= 0.6 is 12.2 Å². The van der Waals surface area contributed by atoms with Crippen molar-refractivity contribution in [1.82, 2.24) is 10.6 Å². The fourth-order valence-electron chi connectivity index (χ4n) is 1.44. The van der Waals surface area contributed by atoms with Crippen molar-refractivity contribution in [3.05, 3.63) is 35.4 Å². The predicted molar refractivity (Wildman–Crippen MR) is 73.8 cm³/mol. The molecule has 0 heterocycles. The molecule has 2 N–H and O–H groups in total. The van der Waals surface area contributed by atoms with Gasteiger partial charge in [-0.25, -0.2) is 0 Å². The molecule has 0 bridgehead atoms. The first-order chi connectivity index (χ1) is 8.93. The molecule has 1 rings (SSSR count). The Kier molecular flexibility index (Phi) is 6.08. The molecule has 1 aromatic rings. The third-order valence-electron chi connectivity index (χ3n) is 2.55. The maximum atomic E-state index is 12.4. The molecular weight excluding hydrogens is 273 g/mol. The van der Waals surface area contributed by atoms with Crippen molar-refractivity contribution in [3.63, 3.8) is 0 Å². The summed E-state index contributed by atoms with van der Waals surface area (Å²) in [6.07, 6.45) is -2.18. The molecule has 6 heteroatoms. The van der Waals surface area contributed by atoms with Crippen molar-refractivity contribution in [2.45, 2.75) is 32.5 Å². The number of halogens is 3. The van der Waals surface area contributed by atoms with Gasteiger partial charge >= 0.3 is 6.18 Å². The second-order valence-electron chi connectivity index (χ2n) is 4.16. The van der Waals surface area contributed by atoms with Gasteiger partial charge in [0.1, 0.15) is 0 Å². The molecule has 0 aliphatic heterocycles. The lowest BCUT2D eigenvalue weighted by atomic mass is 10.1. The van der Waals surface area contributed by atoms with E-state index in [9.17, 15) is 13.2 Å². The van der Waals surface area contributed by atoms with Crippen LogP contribution in [0.2, 0.25) is 0 Å². The lowest BCUT2D eigenvalue weighted by Gasteiger charge is -2.11. The van der Waals surface area contributed by atoms with Crippen LogP contribution in [-0.4, -0.2) is 11.7 Å². The Bertz CT molecular complexity index is 401. The van der Waals surface area contributed by atoms with Gasteiger partial charge in [0, 0.05) is 13.1 Å². The Morgan fingerprint density at radius 1 is 1.16 bits per heavy atom. The van der Waals surface area contributed by atoms with Gasteiger partial charge in [0.15, 0.2) is 5.11 Å². The summed E-state index contributed by atoms with van der Waals surface area (Å²) >= 11 is 5.05. The molecule has 1 aromatic carbocycles. The maximum Gasteiger partial charge on any atom is 0.416 e. The molecule has 0 amide bonds. The zero-order valence-corrected chi connectivity index (χ0v) is 11.5. The van der Waals surface area contributed by atoms with Crippen LogP contribution < -0.4 is 10.6 Å². The Hall–Kier alpha value is -1.30. The van der Waals surface area contributed by atoms with Crippen molar-refractivity contribution in [2.75, 3.05) is 6.54 Å². The Morgan fingerprint density at radius 3 is 2.32 bits per heavy atom. The highest BCUT2D eigenvalue weighted by Gasteiger charge is 2.29. The molecule has 0 radical (unpaired) electrons. The van der Waals surface area contributed by atoms with Crippen LogP contribution in [-0.2, 0) is 12.7 Å². The molecule has 2 nitrogen and oxygen atoms in total. The number of alkyl halides is 3. The Balaban J connectivity index is 2.40. The minimum atomic E-state index is -4.29. The largest absolute Gasteiger partial charge is 0.416 e. The monoisotopic (exact) mass is 290 g/mol. The molecule has 0 aliphatic carbocycles.